The molecular weight excluding hydrogens is 484 g/mol. The van der Waals surface area contributed by atoms with Crippen molar-refractivity contribution >= 4 is 59.9 Å². The first-order valence-electron chi connectivity index (χ1n) is 10.1. The van der Waals surface area contributed by atoms with Crippen LogP contribution in [0.2, 0.25) is 5.15 Å². The van der Waals surface area contributed by atoms with Crippen LogP contribution in [-0.2, 0) is 21.4 Å². The summed E-state index contributed by atoms with van der Waals surface area (Å²) < 4.78 is 33.8. The summed E-state index contributed by atoms with van der Waals surface area (Å²) in [6, 6.07) is 11.4. The van der Waals surface area contributed by atoms with Crippen molar-refractivity contribution in [3.05, 3.63) is 58.8 Å². The van der Waals surface area contributed by atoms with E-state index in [9.17, 15) is 13.2 Å². The Labute approximate surface area is 199 Å². The van der Waals surface area contributed by atoms with E-state index >= 15 is 0 Å². The molecule has 3 heterocycles. The third-order valence-corrected chi connectivity index (χ3v) is 8.40. The first-order valence-corrected chi connectivity index (χ1v) is 12.8. The molecule has 1 amide bonds. The highest BCUT2D eigenvalue weighted by molar-refractivity contribution is 7.89. The Bertz CT molecular complexity index is 1490. The van der Waals surface area contributed by atoms with E-state index in [2.05, 4.69) is 14.7 Å². The lowest BCUT2D eigenvalue weighted by atomic mass is 10.1. The van der Waals surface area contributed by atoms with Gasteiger partial charge < -0.3 is 9.64 Å². The van der Waals surface area contributed by atoms with Gasteiger partial charge in [-0.2, -0.15) is 4.72 Å². The fourth-order valence-corrected chi connectivity index (χ4v) is 6.41. The summed E-state index contributed by atoms with van der Waals surface area (Å²) in [6.45, 7) is 0.818. The molecule has 0 spiro atoms. The third kappa shape index (κ3) is 4.26. The van der Waals surface area contributed by atoms with Crippen molar-refractivity contribution in [3.63, 3.8) is 0 Å². The second-order valence-electron chi connectivity index (χ2n) is 7.69. The fraction of sp³-hybridized carbons (Fsp3) is 0.227. The van der Waals surface area contributed by atoms with Crippen molar-refractivity contribution in [3.8, 4) is 5.75 Å². The number of carbonyl (C=O) groups is 1. The molecule has 11 heteroatoms. The maximum absolute atomic E-state index is 13.0. The predicted octanol–water partition coefficient (Wildman–Crippen LogP) is 3.59. The zero-order chi connectivity index (χ0) is 23.2. The topological polar surface area (TPSA) is 101 Å². The van der Waals surface area contributed by atoms with E-state index in [-0.39, 0.29) is 10.8 Å². The fourth-order valence-electron chi connectivity index (χ4n) is 3.90. The second-order valence-corrected chi connectivity index (χ2v) is 10.9. The third-order valence-electron chi connectivity index (χ3n) is 5.60. The largest absolute Gasteiger partial charge is 0.497 e. The van der Waals surface area contributed by atoms with Gasteiger partial charge in [-0.1, -0.05) is 23.7 Å². The van der Waals surface area contributed by atoms with Gasteiger partial charge >= 0.3 is 0 Å². The number of hydrogen-bond acceptors (Lipinski definition) is 7. The van der Waals surface area contributed by atoms with Crippen LogP contribution in [0.3, 0.4) is 0 Å². The minimum Gasteiger partial charge on any atom is -0.497 e. The van der Waals surface area contributed by atoms with E-state index in [4.69, 9.17) is 16.3 Å². The zero-order valence-corrected chi connectivity index (χ0v) is 19.9. The van der Waals surface area contributed by atoms with Crippen LogP contribution >= 0.6 is 22.9 Å². The van der Waals surface area contributed by atoms with Crippen molar-refractivity contribution in [1.82, 2.24) is 19.6 Å². The second kappa shape index (κ2) is 8.53. The molecule has 1 atom stereocenters. The van der Waals surface area contributed by atoms with Gasteiger partial charge in [0.05, 0.1) is 18.6 Å². The predicted molar refractivity (Wildman–Crippen MR) is 127 cm³/mol. The molecule has 0 bridgehead atoms. The molecule has 0 unspecified atom stereocenters. The normalized spacial score (nSPS) is 16.7. The van der Waals surface area contributed by atoms with E-state index in [0.717, 1.165) is 25.9 Å². The van der Waals surface area contributed by atoms with Crippen LogP contribution in [0, 0.1) is 0 Å². The van der Waals surface area contributed by atoms with Crippen LogP contribution in [0.4, 0.5) is 0 Å². The number of hydrogen-bond donors (Lipinski definition) is 1. The minimum absolute atomic E-state index is 0.104. The monoisotopic (exact) mass is 502 g/mol. The molecule has 1 N–H and O–H groups in total. The molecule has 4 aromatic rings. The summed E-state index contributed by atoms with van der Waals surface area (Å²) in [4.78, 5) is 24.5. The summed E-state index contributed by atoms with van der Waals surface area (Å²) in [5, 5.41) is 2.75. The highest BCUT2D eigenvalue weighted by Gasteiger charge is 2.35. The number of aromatic nitrogens is 2. The van der Waals surface area contributed by atoms with E-state index in [1.54, 1.807) is 30.2 Å². The van der Waals surface area contributed by atoms with Crippen LogP contribution in [-0.4, -0.2) is 48.9 Å². The number of nitrogens with one attached hydrogen (secondary N) is 1. The number of ether oxygens (including phenoxy) is 1. The van der Waals surface area contributed by atoms with Crippen molar-refractivity contribution in [1.29, 1.82) is 0 Å². The number of rotatable bonds is 6. The molecule has 5 rings (SSSR count). The number of amides is 1. The average Bonchev–Trinajstić information content (AvgIpc) is 3.37. The zero-order valence-electron chi connectivity index (χ0n) is 17.5. The minimum atomic E-state index is -3.88. The van der Waals surface area contributed by atoms with Crippen LogP contribution in [0.25, 0.3) is 21.0 Å². The molecule has 33 heavy (non-hydrogen) atoms. The number of thiophene rings is 1. The molecule has 1 fully saturated rings. The summed E-state index contributed by atoms with van der Waals surface area (Å²) in [6.07, 6.45) is 1.80. The van der Waals surface area contributed by atoms with Gasteiger partial charge in [0.1, 0.15) is 28.1 Å². The van der Waals surface area contributed by atoms with Gasteiger partial charge in [-0.05, 0) is 47.5 Å². The number of nitrogens with zero attached hydrogens (tertiary/aromatic N) is 3. The van der Waals surface area contributed by atoms with Crippen LogP contribution in [0.5, 0.6) is 5.75 Å². The van der Waals surface area contributed by atoms with E-state index in [1.807, 2.05) is 18.2 Å². The molecule has 0 saturated carbocycles. The number of halogens is 1. The van der Waals surface area contributed by atoms with Gasteiger partial charge in [0, 0.05) is 16.8 Å². The van der Waals surface area contributed by atoms with E-state index in [1.165, 1.54) is 23.7 Å². The van der Waals surface area contributed by atoms with Crippen molar-refractivity contribution in [2.24, 2.45) is 0 Å². The van der Waals surface area contributed by atoms with Crippen LogP contribution in [0.1, 0.15) is 11.3 Å². The van der Waals surface area contributed by atoms with Crippen molar-refractivity contribution in [2.75, 3.05) is 13.7 Å². The lowest BCUT2D eigenvalue weighted by Gasteiger charge is -2.16. The van der Waals surface area contributed by atoms with Gasteiger partial charge in [-0.25, -0.2) is 18.4 Å². The van der Waals surface area contributed by atoms with Gasteiger partial charge in [0.2, 0.25) is 15.9 Å². The quantitative estimate of drug-likeness (QED) is 0.404. The Morgan fingerprint density at radius 2 is 2.00 bits per heavy atom. The van der Waals surface area contributed by atoms with Crippen molar-refractivity contribution in [2.45, 2.75) is 23.9 Å². The smallest absolute Gasteiger partial charge is 0.241 e. The molecule has 0 aliphatic carbocycles. The van der Waals surface area contributed by atoms with Gasteiger partial charge in [0.15, 0.2) is 0 Å². The van der Waals surface area contributed by atoms with Gasteiger partial charge in [-0.15, -0.1) is 11.3 Å². The summed E-state index contributed by atoms with van der Waals surface area (Å²) >= 11 is 7.55. The lowest BCUT2D eigenvalue weighted by Crippen LogP contribution is -2.41. The first-order chi connectivity index (χ1) is 15.8. The summed E-state index contributed by atoms with van der Waals surface area (Å²) in [7, 11) is -2.32. The van der Waals surface area contributed by atoms with Crippen molar-refractivity contribution < 1.29 is 17.9 Å². The summed E-state index contributed by atoms with van der Waals surface area (Å²) in [5.74, 6) is 0.385. The highest BCUT2D eigenvalue weighted by atomic mass is 35.5. The van der Waals surface area contributed by atoms with Gasteiger partial charge in [-0.3, -0.25) is 4.79 Å². The Hall–Kier alpha value is -2.79. The number of carbonyl (C=O) groups excluding carboxylic acids is 1. The maximum Gasteiger partial charge on any atom is 0.241 e. The standard InChI is InChI=1S/C22H19ClN4O4S2/c1-31-15-4-2-13-3-5-17(9-14(13)8-15)33(29,30)26-19-6-7-27(22(19)28)11-16-10-18-20(23)24-12-25-21(18)32-16/h2-5,8-10,12,19,26H,6-7,11H2,1H3/t19-/m0/s1. The number of fused-ring (bicyclic) bond motifs is 2. The van der Waals surface area contributed by atoms with E-state index < -0.39 is 16.1 Å². The number of methoxy groups -OCH3 is 1. The van der Waals surface area contributed by atoms with Crippen LogP contribution in [0.15, 0.2) is 53.7 Å². The Morgan fingerprint density at radius 1 is 1.18 bits per heavy atom. The maximum atomic E-state index is 13.0. The Balaban J connectivity index is 1.32. The Kier molecular flexibility index (Phi) is 5.69. The first kappa shape index (κ1) is 22.0. The molecule has 1 aliphatic rings. The number of sulfonamides is 1. The number of likely N-dealkylation sites (tertiary alicyclic amines) is 1. The average molecular weight is 503 g/mol. The molecule has 0 radical (unpaired) electrons. The van der Waals surface area contributed by atoms with E-state index in [0.29, 0.717) is 30.4 Å². The molecule has 1 aliphatic heterocycles. The Morgan fingerprint density at radius 3 is 2.79 bits per heavy atom. The molecule has 2 aromatic heterocycles. The summed E-state index contributed by atoms with van der Waals surface area (Å²) in [5.41, 5.74) is 0. The molecule has 2 aromatic carbocycles. The van der Waals surface area contributed by atoms with Gasteiger partial charge in [0.25, 0.3) is 0 Å². The molecule has 8 nitrogen and oxygen atoms in total. The SMILES string of the molecule is COc1ccc2ccc(S(=O)(=O)N[C@H]3CCN(Cc4cc5c(Cl)ncnc5s4)C3=O)cc2c1. The number of benzene rings is 2. The van der Waals surface area contributed by atoms with Crippen LogP contribution < -0.4 is 9.46 Å². The highest BCUT2D eigenvalue weighted by Crippen LogP contribution is 2.30. The molecular formula is C22H19ClN4O4S2. The lowest BCUT2D eigenvalue weighted by molar-refractivity contribution is -0.129. The molecule has 1 saturated heterocycles. The molecule has 170 valence electrons.